The molecule has 4 heteroatoms. The highest BCUT2D eigenvalue weighted by atomic mass is 35.5. The van der Waals surface area contributed by atoms with Gasteiger partial charge in [-0.2, -0.15) is 0 Å². The first-order valence-electron chi connectivity index (χ1n) is 8.60. The summed E-state index contributed by atoms with van der Waals surface area (Å²) >= 11 is 5.92. The summed E-state index contributed by atoms with van der Waals surface area (Å²) < 4.78 is 5.40. The second kappa shape index (κ2) is 7.32. The number of halogens is 1. The van der Waals surface area contributed by atoms with E-state index in [4.69, 9.17) is 16.0 Å². The lowest BCUT2D eigenvalue weighted by Gasteiger charge is -2.10. The number of fused-ring (bicyclic) bond motifs is 3. The van der Waals surface area contributed by atoms with Crippen LogP contribution in [0.1, 0.15) is 11.1 Å². The summed E-state index contributed by atoms with van der Waals surface area (Å²) in [5.74, 6) is 0. The molecule has 0 atom stereocenters. The van der Waals surface area contributed by atoms with E-state index in [2.05, 4.69) is 17.4 Å². The number of benzene rings is 3. The largest absolute Gasteiger partial charge is 0.423 e. The van der Waals surface area contributed by atoms with Crippen molar-refractivity contribution in [1.82, 2.24) is 5.32 Å². The fraction of sp³-hybridized carbons (Fsp3) is 0.136. The molecule has 1 N–H and O–H groups in total. The molecule has 0 saturated carbocycles. The minimum Gasteiger partial charge on any atom is -0.423 e. The maximum absolute atomic E-state index is 11.9. The summed E-state index contributed by atoms with van der Waals surface area (Å²) in [4.78, 5) is 11.9. The Hall–Kier alpha value is -2.62. The van der Waals surface area contributed by atoms with Crippen LogP contribution in [0.5, 0.6) is 0 Å². The zero-order valence-corrected chi connectivity index (χ0v) is 14.9. The monoisotopic (exact) mass is 363 g/mol. The van der Waals surface area contributed by atoms with Crippen molar-refractivity contribution in [2.24, 2.45) is 0 Å². The average Bonchev–Trinajstić information content (AvgIpc) is 2.66. The number of hydrogen-bond acceptors (Lipinski definition) is 3. The summed E-state index contributed by atoms with van der Waals surface area (Å²) in [6.45, 7) is 1.43. The molecule has 0 bridgehead atoms. The Kier molecular flexibility index (Phi) is 4.74. The zero-order chi connectivity index (χ0) is 17.9. The molecule has 26 heavy (non-hydrogen) atoms. The minimum absolute atomic E-state index is 0.317. The van der Waals surface area contributed by atoms with Crippen molar-refractivity contribution in [1.29, 1.82) is 0 Å². The summed E-state index contributed by atoms with van der Waals surface area (Å²) in [6, 6.07) is 21.5. The third-order valence-corrected chi connectivity index (χ3v) is 4.79. The average molecular weight is 364 g/mol. The molecular weight excluding hydrogens is 346 g/mol. The van der Waals surface area contributed by atoms with Crippen LogP contribution in [0.2, 0.25) is 5.02 Å². The van der Waals surface area contributed by atoms with Gasteiger partial charge in [-0.25, -0.2) is 4.79 Å². The van der Waals surface area contributed by atoms with Crippen molar-refractivity contribution in [3.05, 3.63) is 93.3 Å². The second-order valence-electron chi connectivity index (χ2n) is 6.30. The third-order valence-electron chi connectivity index (χ3n) is 4.53. The predicted octanol–water partition coefficient (Wildman–Crippen LogP) is 4.93. The normalized spacial score (nSPS) is 11.3. The Morgan fingerprint density at radius 3 is 2.62 bits per heavy atom. The zero-order valence-electron chi connectivity index (χ0n) is 14.2. The van der Waals surface area contributed by atoms with Crippen molar-refractivity contribution in [2.75, 3.05) is 6.54 Å². The van der Waals surface area contributed by atoms with Crippen LogP contribution in [0.25, 0.3) is 21.7 Å². The smallest absolute Gasteiger partial charge is 0.336 e. The molecule has 0 aliphatic rings. The lowest BCUT2D eigenvalue weighted by molar-refractivity contribution is 0.557. The number of hydrogen-bond donors (Lipinski definition) is 1. The van der Waals surface area contributed by atoms with Crippen molar-refractivity contribution in [2.45, 2.75) is 13.0 Å². The summed E-state index contributed by atoms with van der Waals surface area (Å²) in [5, 5.41) is 7.42. The Balaban J connectivity index is 1.58. The molecule has 0 aliphatic heterocycles. The van der Waals surface area contributed by atoms with Gasteiger partial charge in [0.15, 0.2) is 0 Å². The SMILES string of the molecule is O=c1cc(CNCCc2ccc(Cl)cc2)c2c(ccc3ccccc32)o1. The van der Waals surface area contributed by atoms with Gasteiger partial charge in [0.1, 0.15) is 5.58 Å². The van der Waals surface area contributed by atoms with Crippen LogP contribution in [0.3, 0.4) is 0 Å². The van der Waals surface area contributed by atoms with Crippen molar-refractivity contribution in [3.63, 3.8) is 0 Å². The van der Waals surface area contributed by atoms with E-state index in [-0.39, 0.29) is 5.63 Å². The first-order chi connectivity index (χ1) is 12.7. The van der Waals surface area contributed by atoms with Gasteiger partial charge >= 0.3 is 5.63 Å². The topological polar surface area (TPSA) is 42.2 Å². The third kappa shape index (κ3) is 3.50. The van der Waals surface area contributed by atoms with Gasteiger partial charge in [0.2, 0.25) is 0 Å². The van der Waals surface area contributed by atoms with Gasteiger partial charge < -0.3 is 9.73 Å². The minimum atomic E-state index is -0.317. The van der Waals surface area contributed by atoms with Gasteiger partial charge in [0.25, 0.3) is 0 Å². The fourth-order valence-corrected chi connectivity index (χ4v) is 3.39. The van der Waals surface area contributed by atoms with E-state index in [0.29, 0.717) is 12.1 Å². The van der Waals surface area contributed by atoms with Crippen LogP contribution in [0, 0.1) is 0 Å². The van der Waals surface area contributed by atoms with Crippen LogP contribution in [-0.2, 0) is 13.0 Å². The Bertz CT molecular complexity index is 1120. The molecule has 1 heterocycles. The highest BCUT2D eigenvalue weighted by Gasteiger charge is 2.09. The molecule has 0 fully saturated rings. The standard InChI is InChI=1S/C22H18ClNO2/c23-18-8-5-15(6-9-18)11-12-24-14-17-13-21(25)26-20-10-7-16-3-1-2-4-19(16)22(17)20/h1-10,13,24H,11-12,14H2. The van der Waals surface area contributed by atoms with Crippen molar-refractivity contribution >= 4 is 33.3 Å². The Morgan fingerprint density at radius 2 is 1.77 bits per heavy atom. The molecule has 1 aromatic heterocycles. The second-order valence-corrected chi connectivity index (χ2v) is 6.74. The summed E-state index contributed by atoms with van der Waals surface area (Å²) in [7, 11) is 0. The summed E-state index contributed by atoms with van der Waals surface area (Å²) in [5.41, 5.74) is 2.50. The molecule has 4 aromatic rings. The quantitative estimate of drug-likeness (QED) is 0.310. The lowest BCUT2D eigenvalue weighted by Crippen LogP contribution is -2.18. The number of rotatable bonds is 5. The van der Waals surface area contributed by atoms with E-state index in [1.807, 2.05) is 48.5 Å². The molecule has 0 amide bonds. The Morgan fingerprint density at radius 1 is 0.962 bits per heavy atom. The van der Waals surface area contributed by atoms with Crippen molar-refractivity contribution < 1.29 is 4.42 Å². The Labute approximate surface area is 156 Å². The van der Waals surface area contributed by atoms with Crippen LogP contribution in [0.4, 0.5) is 0 Å². The van der Waals surface area contributed by atoms with Gasteiger partial charge in [0.05, 0.1) is 0 Å². The highest BCUT2D eigenvalue weighted by molar-refractivity contribution is 6.30. The van der Waals surface area contributed by atoms with E-state index in [0.717, 1.165) is 39.7 Å². The maximum atomic E-state index is 11.9. The van der Waals surface area contributed by atoms with E-state index >= 15 is 0 Å². The molecule has 0 spiro atoms. The molecule has 0 unspecified atom stereocenters. The first-order valence-corrected chi connectivity index (χ1v) is 8.98. The van der Waals surface area contributed by atoms with Crippen LogP contribution < -0.4 is 10.9 Å². The molecule has 0 saturated heterocycles. The van der Waals surface area contributed by atoms with E-state index in [1.54, 1.807) is 6.07 Å². The van der Waals surface area contributed by atoms with Crippen LogP contribution in [0.15, 0.2) is 75.9 Å². The van der Waals surface area contributed by atoms with Gasteiger partial charge in [0, 0.05) is 23.0 Å². The molecule has 0 radical (unpaired) electrons. The van der Waals surface area contributed by atoms with Crippen LogP contribution in [-0.4, -0.2) is 6.54 Å². The van der Waals surface area contributed by atoms with Crippen LogP contribution >= 0.6 is 11.6 Å². The maximum Gasteiger partial charge on any atom is 0.336 e. The molecule has 4 rings (SSSR count). The van der Waals surface area contributed by atoms with Gasteiger partial charge in [-0.05, 0) is 53.1 Å². The molecule has 3 aromatic carbocycles. The van der Waals surface area contributed by atoms with Gasteiger partial charge in [-0.1, -0.05) is 54.1 Å². The number of nitrogens with one attached hydrogen (secondary N) is 1. The molecular formula is C22H18ClNO2. The highest BCUT2D eigenvalue weighted by Crippen LogP contribution is 2.27. The van der Waals surface area contributed by atoms with Gasteiger partial charge in [-0.3, -0.25) is 0 Å². The molecule has 130 valence electrons. The van der Waals surface area contributed by atoms with E-state index < -0.39 is 0 Å². The van der Waals surface area contributed by atoms with E-state index in [9.17, 15) is 4.79 Å². The lowest BCUT2D eigenvalue weighted by atomic mass is 10.0. The molecule has 0 aliphatic carbocycles. The van der Waals surface area contributed by atoms with E-state index in [1.165, 1.54) is 5.56 Å². The molecule has 3 nitrogen and oxygen atoms in total. The fourth-order valence-electron chi connectivity index (χ4n) is 3.27. The predicted molar refractivity (Wildman–Crippen MR) is 107 cm³/mol. The summed E-state index contributed by atoms with van der Waals surface area (Å²) in [6.07, 6.45) is 0.900. The van der Waals surface area contributed by atoms with Crippen molar-refractivity contribution in [3.8, 4) is 0 Å². The van der Waals surface area contributed by atoms with Gasteiger partial charge in [-0.15, -0.1) is 0 Å². The first kappa shape index (κ1) is 16.8.